The van der Waals surface area contributed by atoms with Crippen LogP contribution < -0.4 is 0 Å². The highest BCUT2D eigenvalue weighted by molar-refractivity contribution is 6.24. The van der Waals surface area contributed by atoms with Gasteiger partial charge in [-0.15, -0.1) is 0 Å². The van der Waals surface area contributed by atoms with Gasteiger partial charge in [0, 0.05) is 28.9 Å². The molecule has 2 aromatic heterocycles. The van der Waals surface area contributed by atoms with Gasteiger partial charge < -0.3 is 4.57 Å². The lowest BCUT2D eigenvalue weighted by Gasteiger charge is -2.22. The zero-order valence-corrected chi connectivity index (χ0v) is 29.1. The summed E-state index contributed by atoms with van der Waals surface area (Å²) < 4.78 is 2.35. The van der Waals surface area contributed by atoms with Crippen LogP contribution in [0.1, 0.15) is 17.5 Å². The molecule has 11 rings (SSSR count). The van der Waals surface area contributed by atoms with Crippen LogP contribution in [0.15, 0.2) is 176 Å². The molecule has 0 bridgehead atoms. The molecule has 0 aliphatic heterocycles. The van der Waals surface area contributed by atoms with Crippen molar-refractivity contribution in [2.75, 3.05) is 0 Å². The molecule has 0 unspecified atom stereocenters. The molecule has 10 aromatic rings. The molecule has 2 heteroatoms. The summed E-state index contributed by atoms with van der Waals surface area (Å²) in [6, 6.07) is 58.3. The van der Waals surface area contributed by atoms with Gasteiger partial charge in [-0.1, -0.05) is 133 Å². The largest absolute Gasteiger partial charge is 0.309 e. The highest BCUT2D eigenvalue weighted by Gasteiger charge is 2.22. The van der Waals surface area contributed by atoms with Gasteiger partial charge in [0.25, 0.3) is 0 Å². The van der Waals surface area contributed by atoms with Crippen molar-refractivity contribution in [1.82, 2.24) is 9.55 Å². The lowest BCUT2D eigenvalue weighted by Crippen LogP contribution is -1.99. The third-order valence-electron chi connectivity index (χ3n) is 11.3. The second-order valence-corrected chi connectivity index (χ2v) is 14.2. The minimum atomic E-state index is 1.05. The molecule has 0 atom stereocenters. The van der Waals surface area contributed by atoms with E-state index in [2.05, 4.69) is 179 Å². The maximum atomic E-state index is 4.56. The Labute approximate surface area is 307 Å². The second-order valence-electron chi connectivity index (χ2n) is 14.2. The van der Waals surface area contributed by atoms with Crippen LogP contribution in [0.4, 0.5) is 0 Å². The number of fused-ring (bicyclic) bond motifs is 7. The summed E-state index contributed by atoms with van der Waals surface area (Å²) in [6.07, 6.45) is 10.6. The van der Waals surface area contributed by atoms with Gasteiger partial charge in [0.15, 0.2) is 0 Å². The fourth-order valence-electron chi connectivity index (χ4n) is 8.99. The van der Waals surface area contributed by atoms with Gasteiger partial charge >= 0.3 is 0 Å². The summed E-state index contributed by atoms with van der Waals surface area (Å²) in [5.41, 5.74) is 13.9. The molecule has 1 aliphatic carbocycles. The van der Waals surface area contributed by atoms with Gasteiger partial charge in [0.2, 0.25) is 0 Å². The lowest BCUT2D eigenvalue weighted by atomic mass is 9.81. The first-order valence-corrected chi connectivity index (χ1v) is 18.5. The molecule has 1 aliphatic rings. The van der Waals surface area contributed by atoms with E-state index in [1.54, 1.807) is 0 Å². The van der Waals surface area contributed by atoms with Crippen LogP contribution >= 0.6 is 0 Å². The maximum absolute atomic E-state index is 4.56. The van der Waals surface area contributed by atoms with Crippen LogP contribution in [0.3, 0.4) is 0 Å². The molecule has 2 heterocycles. The van der Waals surface area contributed by atoms with Crippen LogP contribution in [-0.4, -0.2) is 9.55 Å². The monoisotopic (exact) mass is 674 g/mol. The maximum Gasteiger partial charge on any atom is 0.0571 e. The van der Waals surface area contributed by atoms with Crippen molar-refractivity contribution >= 4 is 60.2 Å². The van der Waals surface area contributed by atoms with Gasteiger partial charge in [-0.25, -0.2) is 0 Å². The summed E-state index contributed by atoms with van der Waals surface area (Å²) >= 11 is 0. The summed E-state index contributed by atoms with van der Waals surface area (Å²) in [7, 11) is 0. The SMILES string of the molecule is C1=Cc2cccc(-c3c4ccccc4c(-c4cccc5ccccc45)c4cc(-c5ccc6c(c5)c5cnccc5n6-c5ccccc5)ccc34)c2CC1. The molecule has 248 valence electrons. The summed E-state index contributed by atoms with van der Waals surface area (Å²) in [5, 5.41) is 9.99. The predicted molar refractivity (Wildman–Crippen MR) is 225 cm³/mol. The van der Waals surface area contributed by atoms with E-state index in [0.717, 1.165) is 29.4 Å². The standard InChI is InChI=1S/C51H34N2/c1-2-16-37(17-3-1)53-48-27-25-36(30-45(48)47-32-52-29-28-49(47)53)35-24-26-44-46(31-35)51(41-23-11-15-34-13-5-7-19-39(34)41)43-21-9-8-20-42(43)50(44)40-22-10-14-33-12-4-6-18-38(33)40/h1-5,7-17,19-32H,6,18H2. The van der Waals surface area contributed by atoms with Crippen LogP contribution in [-0.2, 0) is 6.42 Å². The summed E-state index contributed by atoms with van der Waals surface area (Å²) in [4.78, 5) is 4.56. The van der Waals surface area contributed by atoms with E-state index in [1.807, 2.05) is 12.4 Å². The Morgan fingerprint density at radius 2 is 1.13 bits per heavy atom. The number of nitrogens with zero attached hydrogens (tertiary/aromatic N) is 2. The topological polar surface area (TPSA) is 17.8 Å². The Balaban J connectivity index is 1.23. The Morgan fingerprint density at radius 3 is 2.00 bits per heavy atom. The van der Waals surface area contributed by atoms with E-state index in [1.165, 1.54) is 87.7 Å². The molecule has 0 spiro atoms. The molecule has 0 N–H and O–H groups in total. The molecule has 0 saturated carbocycles. The fraction of sp³-hybridized carbons (Fsp3) is 0.0392. The molecule has 0 radical (unpaired) electrons. The van der Waals surface area contributed by atoms with Crippen molar-refractivity contribution in [3.8, 4) is 39.1 Å². The van der Waals surface area contributed by atoms with Gasteiger partial charge in [0.1, 0.15) is 0 Å². The van der Waals surface area contributed by atoms with Gasteiger partial charge in [-0.05, 0) is 126 Å². The van der Waals surface area contributed by atoms with Crippen LogP contribution in [0.5, 0.6) is 0 Å². The number of rotatable bonds is 4. The Bertz CT molecular complexity index is 3100. The first kappa shape index (κ1) is 29.9. The number of hydrogen-bond acceptors (Lipinski definition) is 1. The normalized spacial score (nSPS) is 12.7. The van der Waals surface area contributed by atoms with Gasteiger partial charge in [-0.3, -0.25) is 4.98 Å². The average molecular weight is 675 g/mol. The first-order valence-electron chi connectivity index (χ1n) is 18.5. The van der Waals surface area contributed by atoms with E-state index in [9.17, 15) is 0 Å². The molecular formula is C51H34N2. The minimum Gasteiger partial charge on any atom is -0.309 e. The van der Waals surface area contributed by atoms with E-state index >= 15 is 0 Å². The van der Waals surface area contributed by atoms with E-state index in [4.69, 9.17) is 0 Å². The smallest absolute Gasteiger partial charge is 0.0571 e. The number of allylic oxidation sites excluding steroid dienone is 1. The minimum absolute atomic E-state index is 1.05. The van der Waals surface area contributed by atoms with Crippen molar-refractivity contribution in [2.45, 2.75) is 12.8 Å². The lowest BCUT2D eigenvalue weighted by molar-refractivity contribution is 0.988. The number of pyridine rings is 1. The zero-order valence-electron chi connectivity index (χ0n) is 29.1. The Kier molecular flexibility index (Phi) is 6.72. The number of para-hydroxylation sites is 1. The molecule has 0 saturated heterocycles. The number of benzene rings is 8. The van der Waals surface area contributed by atoms with Crippen molar-refractivity contribution in [3.05, 3.63) is 187 Å². The quantitative estimate of drug-likeness (QED) is 0.170. The van der Waals surface area contributed by atoms with Crippen molar-refractivity contribution in [3.63, 3.8) is 0 Å². The number of aromatic nitrogens is 2. The van der Waals surface area contributed by atoms with Crippen LogP contribution in [0.25, 0.3) is 99.3 Å². The highest BCUT2D eigenvalue weighted by Crippen LogP contribution is 2.48. The third-order valence-corrected chi connectivity index (χ3v) is 11.3. The van der Waals surface area contributed by atoms with E-state index in [-0.39, 0.29) is 0 Å². The molecule has 0 fully saturated rings. The van der Waals surface area contributed by atoms with Crippen molar-refractivity contribution in [2.24, 2.45) is 0 Å². The first-order chi connectivity index (χ1) is 26.3. The fourth-order valence-corrected chi connectivity index (χ4v) is 8.99. The molecule has 0 amide bonds. The Hall–Kier alpha value is -6.77. The van der Waals surface area contributed by atoms with Gasteiger partial charge in [-0.2, -0.15) is 0 Å². The highest BCUT2D eigenvalue weighted by atomic mass is 15.0. The van der Waals surface area contributed by atoms with E-state index in [0.29, 0.717) is 0 Å². The molecule has 8 aromatic carbocycles. The average Bonchev–Trinajstić information content (AvgIpc) is 3.56. The molecule has 2 nitrogen and oxygen atoms in total. The zero-order chi connectivity index (χ0) is 34.9. The Morgan fingerprint density at radius 1 is 0.472 bits per heavy atom. The summed E-state index contributed by atoms with van der Waals surface area (Å²) in [5.74, 6) is 0. The molecular weight excluding hydrogens is 641 g/mol. The van der Waals surface area contributed by atoms with Crippen molar-refractivity contribution in [1.29, 1.82) is 0 Å². The van der Waals surface area contributed by atoms with Gasteiger partial charge in [0.05, 0.1) is 11.0 Å². The van der Waals surface area contributed by atoms with Crippen LogP contribution in [0, 0.1) is 0 Å². The van der Waals surface area contributed by atoms with Crippen LogP contribution in [0.2, 0.25) is 0 Å². The molecule has 53 heavy (non-hydrogen) atoms. The third kappa shape index (κ3) is 4.62. The van der Waals surface area contributed by atoms with E-state index < -0.39 is 0 Å². The summed E-state index contributed by atoms with van der Waals surface area (Å²) in [6.45, 7) is 0. The number of hydrogen-bond donors (Lipinski definition) is 0. The van der Waals surface area contributed by atoms with Crippen molar-refractivity contribution < 1.29 is 0 Å². The predicted octanol–water partition coefficient (Wildman–Crippen LogP) is 13.6. The second kappa shape index (κ2) is 11.9.